The Bertz CT molecular complexity index is 230. The molecule has 0 bridgehead atoms. The molecule has 0 aromatic heterocycles. The summed E-state index contributed by atoms with van der Waals surface area (Å²) >= 11 is 0. The van der Waals surface area contributed by atoms with Crippen molar-refractivity contribution in [3.8, 4) is 0 Å². The van der Waals surface area contributed by atoms with Gasteiger partial charge in [-0.1, -0.05) is 0 Å². The van der Waals surface area contributed by atoms with E-state index in [0.29, 0.717) is 12.5 Å². The maximum Gasteiger partial charge on any atom is 0.325 e. The first-order valence-electron chi connectivity index (χ1n) is 5.29. The van der Waals surface area contributed by atoms with Crippen molar-refractivity contribution < 1.29 is 14.3 Å². The van der Waals surface area contributed by atoms with Crippen molar-refractivity contribution in [2.24, 2.45) is 0 Å². The van der Waals surface area contributed by atoms with Crippen molar-refractivity contribution in [3.63, 3.8) is 0 Å². The Morgan fingerprint density at radius 3 is 2.81 bits per heavy atom. The number of carbonyl (C=O) groups excluding carboxylic acids is 2. The van der Waals surface area contributed by atoms with Crippen LogP contribution in [0.4, 0.5) is 0 Å². The first-order valence-corrected chi connectivity index (χ1v) is 5.29. The van der Waals surface area contributed by atoms with Gasteiger partial charge < -0.3 is 15.4 Å². The number of halogens is 1. The molecule has 1 saturated heterocycles. The van der Waals surface area contributed by atoms with Gasteiger partial charge in [-0.25, -0.2) is 0 Å². The van der Waals surface area contributed by atoms with E-state index in [1.54, 1.807) is 0 Å². The molecule has 0 saturated carbocycles. The van der Waals surface area contributed by atoms with Gasteiger partial charge in [-0.15, -0.1) is 12.4 Å². The van der Waals surface area contributed by atoms with E-state index >= 15 is 0 Å². The Hall–Kier alpha value is -0.810. The van der Waals surface area contributed by atoms with Crippen LogP contribution < -0.4 is 10.6 Å². The van der Waals surface area contributed by atoms with E-state index in [1.165, 1.54) is 13.5 Å². The monoisotopic (exact) mass is 250 g/mol. The number of ether oxygens (including phenoxy) is 1. The van der Waals surface area contributed by atoms with Gasteiger partial charge in [0.15, 0.2) is 0 Å². The van der Waals surface area contributed by atoms with Crippen molar-refractivity contribution in [2.45, 2.75) is 31.7 Å². The van der Waals surface area contributed by atoms with Crippen LogP contribution >= 0.6 is 12.4 Å². The van der Waals surface area contributed by atoms with E-state index < -0.39 is 5.97 Å². The lowest BCUT2D eigenvalue weighted by molar-refractivity contribution is -0.141. The molecule has 1 amide bonds. The molecule has 1 aliphatic rings. The molecule has 1 fully saturated rings. The zero-order valence-corrected chi connectivity index (χ0v) is 10.3. The quantitative estimate of drug-likeness (QED) is 0.686. The van der Waals surface area contributed by atoms with Crippen LogP contribution in [0.25, 0.3) is 0 Å². The zero-order valence-electron chi connectivity index (χ0n) is 9.45. The predicted molar refractivity (Wildman–Crippen MR) is 62.5 cm³/mol. The maximum absolute atomic E-state index is 11.3. The van der Waals surface area contributed by atoms with Crippen molar-refractivity contribution >= 4 is 24.3 Å². The average Bonchev–Trinajstić information content (AvgIpc) is 2.75. The van der Waals surface area contributed by atoms with Crippen molar-refractivity contribution in [3.05, 3.63) is 0 Å². The number of rotatable bonds is 5. The minimum Gasteiger partial charge on any atom is -0.468 e. The molecule has 0 aliphatic carbocycles. The molecule has 1 atom stereocenters. The summed E-state index contributed by atoms with van der Waals surface area (Å²) < 4.78 is 4.41. The van der Waals surface area contributed by atoms with E-state index in [4.69, 9.17) is 0 Å². The molecule has 2 N–H and O–H groups in total. The van der Waals surface area contributed by atoms with Crippen LogP contribution in [-0.2, 0) is 14.3 Å². The molecule has 0 spiro atoms. The Kier molecular flexibility index (Phi) is 7.93. The normalized spacial score (nSPS) is 18.7. The van der Waals surface area contributed by atoms with E-state index in [9.17, 15) is 9.59 Å². The Labute approximate surface area is 102 Å². The van der Waals surface area contributed by atoms with Gasteiger partial charge in [0.2, 0.25) is 5.91 Å². The van der Waals surface area contributed by atoms with Crippen LogP contribution in [0.2, 0.25) is 0 Å². The number of hydrogen-bond donors (Lipinski definition) is 2. The fraction of sp³-hybridized carbons (Fsp3) is 0.800. The van der Waals surface area contributed by atoms with E-state index in [0.717, 1.165) is 19.4 Å². The molecule has 0 aromatic rings. The third kappa shape index (κ3) is 5.92. The van der Waals surface area contributed by atoms with E-state index in [1.807, 2.05) is 0 Å². The van der Waals surface area contributed by atoms with Crippen LogP contribution in [0.1, 0.15) is 25.7 Å². The SMILES string of the molecule is COC(=O)CNC(=O)CCC1CCCN1.Cl. The number of amides is 1. The lowest BCUT2D eigenvalue weighted by atomic mass is 10.1. The Morgan fingerprint density at radius 1 is 1.50 bits per heavy atom. The molecule has 0 radical (unpaired) electrons. The summed E-state index contributed by atoms with van der Waals surface area (Å²) in [6.07, 6.45) is 3.64. The standard InChI is InChI=1S/C10H18N2O3.ClH/c1-15-10(14)7-12-9(13)5-4-8-3-2-6-11-8;/h8,11H,2-7H2,1H3,(H,12,13);1H. The molecule has 1 heterocycles. The molecule has 5 nitrogen and oxygen atoms in total. The Morgan fingerprint density at radius 2 is 2.25 bits per heavy atom. The molecule has 16 heavy (non-hydrogen) atoms. The van der Waals surface area contributed by atoms with Gasteiger partial charge >= 0.3 is 5.97 Å². The summed E-state index contributed by atoms with van der Waals surface area (Å²) in [5.74, 6) is -0.503. The van der Waals surface area contributed by atoms with Crippen molar-refractivity contribution in [1.82, 2.24) is 10.6 Å². The topological polar surface area (TPSA) is 67.4 Å². The predicted octanol–water partition coefficient (Wildman–Crippen LogP) is 0.230. The zero-order chi connectivity index (χ0) is 11.1. The molecule has 6 heteroatoms. The van der Waals surface area contributed by atoms with Gasteiger partial charge in [0.05, 0.1) is 7.11 Å². The second-order valence-corrected chi connectivity index (χ2v) is 3.68. The van der Waals surface area contributed by atoms with Crippen LogP contribution in [0, 0.1) is 0 Å². The van der Waals surface area contributed by atoms with Crippen molar-refractivity contribution in [2.75, 3.05) is 20.2 Å². The Balaban J connectivity index is 0.00000225. The maximum atomic E-state index is 11.3. The second-order valence-electron chi connectivity index (χ2n) is 3.68. The van der Waals surface area contributed by atoms with Gasteiger partial charge in [0.25, 0.3) is 0 Å². The fourth-order valence-corrected chi connectivity index (χ4v) is 1.64. The summed E-state index contributed by atoms with van der Waals surface area (Å²) in [7, 11) is 1.30. The number of nitrogens with one attached hydrogen (secondary N) is 2. The summed E-state index contributed by atoms with van der Waals surface area (Å²) in [4.78, 5) is 22.0. The molecule has 94 valence electrons. The number of esters is 1. The summed E-state index contributed by atoms with van der Waals surface area (Å²) in [6.45, 7) is 1.02. The summed E-state index contributed by atoms with van der Waals surface area (Å²) in [5.41, 5.74) is 0. The summed E-state index contributed by atoms with van der Waals surface area (Å²) in [5, 5.41) is 5.83. The van der Waals surface area contributed by atoms with Crippen LogP contribution in [0.15, 0.2) is 0 Å². The average molecular weight is 251 g/mol. The van der Waals surface area contributed by atoms with Gasteiger partial charge in [0.1, 0.15) is 6.54 Å². The molecular weight excluding hydrogens is 232 g/mol. The molecule has 1 aliphatic heterocycles. The number of hydrogen-bond acceptors (Lipinski definition) is 4. The smallest absolute Gasteiger partial charge is 0.325 e. The van der Waals surface area contributed by atoms with Gasteiger partial charge in [-0.2, -0.15) is 0 Å². The fourth-order valence-electron chi connectivity index (χ4n) is 1.64. The minimum absolute atomic E-state index is 0. The minimum atomic E-state index is -0.414. The summed E-state index contributed by atoms with van der Waals surface area (Å²) in [6, 6.07) is 0.467. The second kappa shape index (κ2) is 8.35. The number of carbonyl (C=O) groups is 2. The first kappa shape index (κ1) is 15.2. The highest BCUT2D eigenvalue weighted by molar-refractivity contribution is 5.85. The van der Waals surface area contributed by atoms with E-state index in [2.05, 4.69) is 15.4 Å². The van der Waals surface area contributed by atoms with Crippen LogP contribution in [0.5, 0.6) is 0 Å². The van der Waals surface area contributed by atoms with E-state index in [-0.39, 0.29) is 24.9 Å². The third-order valence-corrected chi connectivity index (χ3v) is 2.54. The molecule has 1 rings (SSSR count). The highest BCUT2D eigenvalue weighted by Crippen LogP contribution is 2.10. The first-order chi connectivity index (χ1) is 7.22. The lowest BCUT2D eigenvalue weighted by Crippen LogP contribution is -2.31. The molecule has 0 aromatic carbocycles. The third-order valence-electron chi connectivity index (χ3n) is 2.54. The highest BCUT2D eigenvalue weighted by atomic mass is 35.5. The van der Waals surface area contributed by atoms with Gasteiger partial charge in [-0.3, -0.25) is 9.59 Å². The van der Waals surface area contributed by atoms with Crippen LogP contribution in [0.3, 0.4) is 0 Å². The molecular formula is C10H19ClN2O3. The van der Waals surface area contributed by atoms with Crippen molar-refractivity contribution in [1.29, 1.82) is 0 Å². The number of methoxy groups -OCH3 is 1. The molecule has 1 unspecified atom stereocenters. The van der Waals surface area contributed by atoms with Gasteiger partial charge in [-0.05, 0) is 25.8 Å². The van der Waals surface area contributed by atoms with Gasteiger partial charge in [0, 0.05) is 12.5 Å². The highest BCUT2D eigenvalue weighted by Gasteiger charge is 2.15. The largest absolute Gasteiger partial charge is 0.468 e. The van der Waals surface area contributed by atoms with Crippen LogP contribution in [-0.4, -0.2) is 38.1 Å². The lowest BCUT2D eigenvalue weighted by Gasteiger charge is -2.09.